The number of hydrogen-bond acceptors (Lipinski definition) is 4. The van der Waals surface area contributed by atoms with Gasteiger partial charge in [-0.25, -0.2) is 9.69 Å². The maximum absolute atomic E-state index is 12.4. The minimum Gasteiger partial charge on any atom is -0.324 e. The van der Waals surface area contributed by atoms with E-state index in [2.05, 4.69) is 27.9 Å². The summed E-state index contributed by atoms with van der Waals surface area (Å²) in [6, 6.07) is 15.1. The lowest BCUT2D eigenvalue weighted by Gasteiger charge is -2.15. The number of halogens is 1. The van der Waals surface area contributed by atoms with Gasteiger partial charge in [-0.05, 0) is 46.4 Å². The van der Waals surface area contributed by atoms with E-state index in [9.17, 15) is 19.2 Å². The van der Waals surface area contributed by atoms with Gasteiger partial charge in [-0.2, -0.15) is 0 Å². The van der Waals surface area contributed by atoms with Gasteiger partial charge in [0.15, 0.2) is 0 Å². The molecular formula is C18H14IN3O4. The summed E-state index contributed by atoms with van der Waals surface area (Å²) in [6.07, 6.45) is 0. The number of carbonyl (C=O) groups excluding carboxylic acids is 4. The van der Waals surface area contributed by atoms with Crippen molar-refractivity contribution in [3.63, 3.8) is 0 Å². The van der Waals surface area contributed by atoms with E-state index in [1.165, 1.54) is 0 Å². The van der Waals surface area contributed by atoms with Gasteiger partial charge in [0.1, 0.15) is 6.54 Å². The first-order valence-electron chi connectivity index (χ1n) is 7.72. The molecule has 0 aliphatic carbocycles. The van der Waals surface area contributed by atoms with Crippen molar-refractivity contribution >= 4 is 52.0 Å². The maximum Gasteiger partial charge on any atom is 0.335 e. The first-order valence-corrected chi connectivity index (χ1v) is 8.80. The Labute approximate surface area is 163 Å². The molecule has 1 aliphatic heterocycles. The summed E-state index contributed by atoms with van der Waals surface area (Å²) in [5.74, 6) is -2.48. The SMILES string of the molecule is O=C(CN1C(=O)C(=O)N(Cc2ccccc2)C1=O)Nc1cccc(I)c1. The van der Waals surface area contributed by atoms with Gasteiger partial charge >= 0.3 is 17.8 Å². The standard InChI is InChI=1S/C18H14IN3O4/c19-13-7-4-8-14(9-13)20-15(23)11-22-17(25)16(24)21(18(22)26)10-12-5-2-1-3-6-12/h1-9H,10-11H2,(H,20,23). The Bertz CT molecular complexity index is 885. The van der Waals surface area contributed by atoms with Crippen LogP contribution < -0.4 is 5.32 Å². The smallest absolute Gasteiger partial charge is 0.324 e. The van der Waals surface area contributed by atoms with Crippen molar-refractivity contribution in [3.8, 4) is 0 Å². The minimum atomic E-state index is -0.997. The van der Waals surface area contributed by atoms with Crippen molar-refractivity contribution in [2.45, 2.75) is 6.54 Å². The lowest BCUT2D eigenvalue weighted by molar-refractivity contribution is -0.143. The van der Waals surface area contributed by atoms with Crippen molar-refractivity contribution in [1.29, 1.82) is 0 Å². The van der Waals surface area contributed by atoms with Crippen LogP contribution in [-0.2, 0) is 20.9 Å². The summed E-state index contributed by atoms with van der Waals surface area (Å²) < 4.78 is 0.929. The molecule has 0 spiro atoms. The summed E-state index contributed by atoms with van der Waals surface area (Å²) >= 11 is 2.10. The van der Waals surface area contributed by atoms with Gasteiger partial charge in [-0.1, -0.05) is 36.4 Å². The molecule has 1 aliphatic rings. The molecule has 0 saturated carbocycles. The van der Waals surface area contributed by atoms with Crippen molar-refractivity contribution < 1.29 is 19.2 Å². The third-order valence-electron chi connectivity index (χ3n) is 3.73. The van der Waals surface area contributed by atoms with Crippen LogP contribution in [0.1, 0.15) is 5.56 Å². The van der Waals surface area contributed by atoms with Gasteiger partial charge in [-0.15, -0.1) is 0 Å². The number of benzene rings is 2. The third kappa shape index (κ3) is 3.90. The maximum atomic E-state index is 12.4. The predicted molar refractivity (Wildman–Crippen MR) is 102 cm³/mol. The lowest BCUT2D eigenvalue weighted by Crippen LogP contribution is -2.38. The second-order valence-electron chi connectivity index (χ2n) is 5.61. The van der Waals surface area contributed by atoms with E-state index in [1.54, 1.807) is 42.5 Å². The number of carbonyl (C=O) groups is 4. The Morgan fingerprint density at radius 3 is 2.31 bits per heavy atom. The molecule has 2 aromatic rings. The molecule has 5 amide bonds. The number of hydrogen-bond donors (Lipinski definition) is 1. The van der Waals surface area contributed by atoms with Crippen molar-refractivity contribution in [1.82, 2.24) is 9.80 Å². The normalized spacial score (nSPS) is 14.1. The highest BCUT2D eigenvalue weighted by Gasteiger charge is 2.45. The Hall–Kier alpha value is -2.75. The molecule has 0 bridgehead atoms. The predicted octanol–water partition coefficient (Wildman–Crippen LogP) is 2.22. The number of anilines is 1. The van der Waals surface area contributed by atoms with Crippen LogP contribution in [0, 0.1) is 3.57 Å². The van der Waals surface area contributed by atoms with E-state index in [0.717, 1.165) is 8.47 Å². The van der Waals surface area contributed by atoms with E-state index in [4.69, 9.17) is 0 Å². The van der Waals surface area contributed by atoms with Crippen LogP contribution in [0.4, 0.5) is 10.5 Å². The van der Waals surface area contributed by atoms with Gasteiger partial charge < -0.3 is 5.32 Å². The molecule has 132 valence electrons. The zero-order chi connectivity index (χ0) is 18.7. The summed E-state index contributed by atoms with van der Waals surface area (Å²) in [6.45, 7) is -0.528. The van der Waals surface area contributed by atoms with Crippen molar-refractivity contribution in [2.24, 2.45) is 0 Å². The lowest BCUT2D eigenvalue weighted by atomic mass is 10.2. The van der Waals surface area contributed by atoms with Gasteiger partial charge in [0, 0.05) is 9.26 Å². The molecule has 0 unspecified atom stereocenters. The zero-order valence-electron chi connectivity index (χ0n) is 13.5. The zero-order valence-corrected chi connectivity index (χ0v) is 15.7. The van der Waals surface area contributed by atoms with Crippen LogP contribution in [0.3, 0.4) is 0 Å². The summed E-state index contributed by atoms with van der Waals surface area (Å²) in [5, 5.41) is 2.61. The molecule has 7 nitrogen and oxygen atoms in total. The first-order chi connectivity index (χ1) is 12.5. The van der Waals surface area contributed by atoms with Gasteiger partial charge in [-0.3, -0.25) is 19.3 Å². The van der Waals surface area contributed by atoms with E-state index < -0.39 is 30.3 Å². The molecule has 26 heavy (non-hydrogen) atoms. The molecular weight excluding hydrogens is 449 g/mol. The minimum absolute atomic E-state index is 0.0146. The fourth-order valence-electron chi connectivity index (χ4n) is 2.51. The van der Waals surface area contributed by atoms with Crippen LogP contribution in [0.2, 0.25) is 0 Å². The number of amides is 5. The monoisotopic (exact) mass is 463 g/mol. The van der Waals surface area contributed by atoms with Crippen LogP contribution in [-0.4, -0.2) is 40.1 Å². The molecule has 0 radical (unpaired) electrons. The number of nitrogens with one attached hydrogen (secondary N) is 1. The summed E-state index contributed by atoms with van der Waals surface area (Å²) in [5.41, 5.74) is 1.26. The van der Waals surface area contributed by atoms with Crippen LogP contribution in [0.25, 0.3) is 0 Å². The van der Waals surface area contributed by atoms with Crippen molar-refractivity contribution in [3.05, 3.63) is 63.7 Å². The molecule has 0 atom stereocenters. The van der Waals surface area contributed by atoms with E-state index in [-0.39, 0.29) is 6.54 Å². The average Bonchev–Trinajstić information content (AvgIpc) is 2.81. The van der Waals surface area contributed by atoms with Crippen LogP contribution in [0.15, 0.2) is 54.6 Å². The number of urea groups is 1. The average molecular weight is 463 g/mol. The highest BCUT2D eigenvalue weighted by atomic mass is 127. The van der Waals surface area contributed by atoms with E-state index in [0.29, 0.717) is 16.2 Å². The number of rotatable bonds is 5. The van der Waals surface area contributed by atoms with Crippen molar-refractivity contribution in [2.75, 3.05) is 11.9 Å². The Morgan fingerprint density at radius 1 is 0.923 bits per heavy atom. The summed E-state index contributed by atoms with van der Waals surface area (Å²) in [4.78, 5) is 50.2. The molecule has 1 saturated heterocycles. The van der Waals surface area contributed by atoms with Crippen LogP contribution in [0.5, 0.6) is 0 Å². The number of nitrogens with zero attached hydrogens (tertiary/aromatic N) is 2. The molecule has 2 aromatic carbocycles. The molecule has 8 heteroatoms. The fourth-order valence-corrected chi connectivity index (χ4v) is 3.05. The highest BCUT2D eigenvalue weighted by Crippen LogP contribution is 2.17. The van der Waals surface area contributed by atoms with Gasteiger partial charge in [0.2, 0.25) is 5.91 Å². The first kappa shape index (κ1) is 18.1. The topological polar surface area (TPSA) is 86.8 Å². The fraction of sp³-hybridized carbons (Fsp3) is 0.111. The Kier molecular flexibility index (Phi) is 5.31. The van der Waals surface area contributed by atoms with E-state index in [1.807, 2.05) is 12.1 Å². The second kappa shape index (κ2) is 7.65. The second-order valence-corrected chi connectivity index (χ2v) is 6.85. The summed E-state index contributed by atoms with van der Waals surface area (Å²) in [7, 11) is 0. The van der Waals surface area contributed by atoms with Gasteiger partial charge in [0.25, 0.3) is 0 Å². The highest BCUT2D eigenvalue weighted by molar-refractivity contribution is 14.1. The molecule has 3 rings (SSSR count). The van der Waals surface area contributed by atoms with Gasteiger partial charge in [0.05, 0.1) is 6.54 Å². The molecule has 1 N–H and O–H groups in total. The van der Waals surface area contributed by atoms with E-state index >= 15 is 0 Å². The molecule has 0 aromatic heterocycles. The molecule has 1 heterocycles. The Morgan fingerprint density at radius 2 is 1.62 bits per heavy atom. The van der Waals surface area contributed by atoms with Crippen LogP contribution >= 0.6 is 22.6 Å². The Balaban J connectivity index is 1.68. The number of imide groups is 2. The molecule has 1 fully saturated rings. The largest absolute Gasteiger partial charge is 0.335 e. The quantitative estimate of drug-likeness (QED) is 0.419. The third-order valence-corrected chi connectivity index (χ3v) is 4.40.